The molecule has 4 rings (SSSR count). The third kappa shape index (κ3) is 3.92. The molecule has 1 N–H and O–H groups in total. The number of methoxy groups -OCH3 is 2. The van der Waals surface area contributed by atoms with E-state index in [1.807, 2.05) is 6.07 Å². The fraction of sp³-hybridized carbons (Fsp3) is 0.160. The van der Waals surface area contributed by atoms with Crippen molar-refractivity contribution in [2.75, 3.05) is 14.2 Å². The summed E-state index contributed by atoms with van der Waals surface area (Å²) in [5, 5.41) is 11.1. The number of ketones is 1. The van der Waals surface area contributed by atoms with Crippen LogP contribution in [0.4, 0.5) is 0 Å². The molecular weight excluding hydrogens is 408 g/mol. The van der Waals surface area contributed by atoms with E-state index in [9.17, 15) is 14.7 Å². The van der Waals surface area contributed by atoms with Crippen molar-refractivity contribution in [2.24, 2.45) is 0 Å². The number of rotatable bonds is 6. The average molecular weight is 430 g/mol. The molecule has 3 aromatic rings. The van der Waals surface area contributed by atoms with Gasteiger partial charge in [-0.05, 0) is 41.5 Å². The van der Waals surface area contributed by atoms with Gasteiger partial charge in [-0.2, -0.15) is 0 Å². The summed E-state index contributed by atoms with van der Waals surface area (Å²) in [5.74, 6) is -0.503. The standard InChI is InChI=1S/C25H22N2O5/c1-31-19-10-8-17(9-11-19)22-21(23(28)18-6-3-7-20(13-18)32-2)24(29)25(30)27(22)15-16-5-4-12-26-14-16/h3-14,22,28H,15H2,1-2H3/b23-21-. The number of aromatic nitrogens is 1. The van der Waals surface area contributed by atoms with E-state index < -0.39 is 17.7 Å². The maximum atomic E-state index is 13.1. The summed E-state index contributed by atoms with van der Waals surface area (Å²) in [5.41, 5.74) is 1.87. The molecule has 1 aromatic heterocycles. The molecule has 1 atom stereocenters. The van der Waals surface area contributed by atoms with E-state index in [-0.39, 0.29) is 17.9 Å². The smallest absolute Gasteiger partial charge is 0.295 e. The highest BCUT2D eigenvalue weighted by Gasteiger charge is 2.46. The second kappa shape index (κ2) is 8.93. The molecule has 162 valence electrons. The summed E-state index contributed by atoms with van der Waals surface area (Å²) in [6, 6.07) is 16.6. The summed E-state index contributed by atoms with van der Waals surface area (Å²) in [6.45, 7) is 0.171. The van der Waals surface area contributed by atoms with Gasteiger partial charge in [0.2, 0.25) is 0 Å². The van der Waals surface area contributed by atoms with Gasteiger partial charge in [0.25, 0.3) is 11.7 Å². The minimum Gasteiger partial charge on any atom is -0.507 e. The van der Waals surface area contributed by atoms with Crippen molar-refractivity contribution in [1.29, 1.82) is 0 Å². The molecule has 1 saturated heterocycles. The number of hydrogen-bond donors (Lipinski definition) is 1. The molecular formula is C25H22N2O5. The van der Waals surface area contributed by atoms with Gasteiger partial charge in [0.1, 0.15) is 17.3 Å². The molecule has 1 amide bonds. The number of carbonyl (C=O) groups is 2. The van der Waals surface area contributed by atoms with Crippen LogP contribution in [-0.2, 0) is 16.1 Å². The number of benzene rings is 2. The van der Waals surface area contributed by atoms with Crippen LogP contribution in [-0.4, -0.2) is 40.9 Å². The zero-order valence-corrected chi connectivity index (χ0v) is 17.7. The van der Waals surface area contributed by atoms with Crippen molar-refractivity contribution in [3.63, 3.8) is 0 Å². The summed E-state index contributed by atoms with van der Waals surface area (Å²) in [4.78, 5) is 31.7. The number of pyridine rings is 1. The number of Topliss-reactive ketones (excluding diaryl/α,β-unsaturated/α-hetero) is 1. The van der Waals surface area contributed by atoms with Gasteiger partial charge < -0.3 is 19.5 Å². The van der Waals surface area contributed by atoms with Crippen molar-refractivity contribution < 1.29 is 24.2 Å². The second-order valence-electron chi connectivity index (χ2n) is 7.29. The number of ether oxygens (including phenoxy) is 2. The number of aliphatic hydroxyl groups excluding tert-OH is 1. The van der Waals surface area contributed by atoms with Crippen molar-refractivity contribution in [2.45, 2.75) is 12.6 Å². The molecule has 0 aliphatic carbocycles. The summed E-state index contributed by atoms with van der Waals surface area (Å²) in [6.07, 6.45) is 3.29. The van der Waals surface area contributed by atoms with Gasteiger partial charge in [-0.25, -0.2) is 0 Å². The first kappa shape index (κ1) is 21.1. The van der Waals surface area contributed by atoms with E-state index in [1.165, 1.54) is 12.0 Å². The quantitative estimate of drug-likeness (QED) is 0.364. The number of carbonyl (C=O) groups excluding carboxylic acids is 2. The normalized spacial score (nSPS) is 17.4. The molecule has 0 spiro atoms. The molecule has 2 aromatic carbocycles. The fourth-order valence-corrected chi connectivity index (χ4v) is 3.79. The Hall–Kier alpha value is -4.13. The molecule has 1 fully saturated rings. The molecule has 7 heteroatoms. The van der Waals surface area contributed by atoms with Gasteiger partial charge in [0.15, 0.2) is 0 Å². The van der Waals surface area contributed by atoms with Gasteiger partial charge in [0.05, 0.1) is 25.8 Å². The summed E-state index contributed by atoms with van der Waals surface area (Å²) in [7, 11) is 3.08. The van der Waals surface area contributed by atoms with Crippen molar-refractivity contribution in [3.8, 4) is 11.5 Å². The van der Waals surface area contributed by atoms with Crippen molar-refractivity contribution in [1.82, 2.24) is 9.88 Å². The van der Waals surface area contributed by atoms with Crippen LogP contribution in [0, 0.1) is 0 Å². The summed E-state index contributed by atoms with van der Waals surface area (Å²) < 4.78 is 10.5. The van der Waals surface area contributed by atoms with E-state index in [0.29, 0.717) is 22.6 Å². The maximum absolute atomic E-state index is 13.1. The third-order valence-electron chi connectivity index (χ3n) is 5.39. The minimum atomic E-state index is -0.771. The first-order valence-electron chi connectivity index (χ1n) is 9.99. The van der Waals surface area contributed by atoms with Gasteiger partial charge in [-0.3, -0.25) is 14.6 Å². The van der Waals surface area contributed by atoms with Crippen LogP contribution in [0.25, 0.3) is 5.76 Å². The lowest BCUT2D eigenvalue weighted by atomic mass is 9.95. The van der Waals surface area contributed by atoms with E-state index in [2.05, 4.69) is 4.98 Å². The van der Waals surface area contributed by atoms with Gasteiger partial charge in [-0.15, -0.1) is 0 Å². The SMILES string of the molecule is COc1ccc(C2/C(=C(/O)c3cccc(OC)c3)C(=O)C(=O)N2Cc2cccnc2)cc1. The lowest BCUT2D eigenvalue weighted by Crippen LogP contribution is -2.29. The Morgan fingerprint density at radius 3 is 2.41 bits per heavy atom. The number of nitrogens with zero attached hydrogens (tertiary/aromatic N) is 2. The first-order chi connectivity index (χ1) is 15.5. The van der Waals surface area contributed by atoms with E-state index >= 15 is 0 Å². The Kier molecular flexibility index (Phi) is 5.89. The lowest BCUT2D eigenvalue weighted by molar-refractivity contribution is -0.140. The summed E-state index contributed by atoms with van der Waals surface area (Å²) >= 11 is 0. The highest BCUT2D eigenvalue weighted by Crippen LogP contribution is 2.40. The Morgan fingerprint density at radius 1 is 1.00 bits per heavy atom. The first-order valence-corrected chi connectivity index (χ1v) is 9.99. The van der Waals surface area contributed by atoms with Crippen LogP contribution in [0.3, 0.4) is 0 Å². The largest absolute Gasteiger partial charge is 0.507 e. The molecule has 32 heavy (non-hydrogen) atoms. The van der Waals surface area contributed by atoms with Crippen LogP contribution >= 0.6 is 0 Å². The number of hydrogen-bond acceptors (Lipinski definition) is 6. The monoisotopic (exact) mass is 430 g/mol. The Labute approximate surface area is 185 Å². The number of amides is 1. The van der Waals surface area contributed by atoms with E-state index in [4.69, 9.17) is 9.47 Å². The molecule has 1 unspecified atom stereocenters. The molecule has 0 bridgehead atoms. The number of aliphatic hydroxyl groups is 1. The van der Waals surface area contributed by atoms with Crippen molar-refractivity contribution >= 4 is 17.4 Å². The van der Waals surface area contributed by atoms with Gasteiger partial charge in [0, 0.05) is 24.5 Å². The van der Waals surface area contributed by atoms with E-state index in [0.717, 1.165) is 5.56 Å². The fourth-order valence-electron chi connectivity index (χ4n) is 3.79. The Balaban J connectivity index is 1.85. The predicted octanol–water partition coefficient (Wildman–Crippen LogP) is 3.72. The Bertz CT molecular complexity index is 1170. The highest BCUT2D eigenvalue weighted by molar-refractivity contribution is 6.46. The van der Waals surface area contributed by atoms with Crippen LogP contribution < -0.4 is 9.47 Å². The molecule has 0 saturated carbocycles. The van der Waals surface area contributed by atoms with Crippen LogP contribution in [0.15, 0.2) is 78.6 Å². The molecule has 0 radical (unpaired) electrons. The topological polar surface area (TPSA) is 89.0 Å². The van der Waals surface area contributed by atoms with Crippen LogP contribution in [0.2, 0.25) is 0 Å². The van der Waals surface area contributed by atoms with Crippen LogP contribution in [0.1, 0.15) is 22.7 Å². The Morgan fingerprint density at radius 2 is 1.75 bits per heavy atom. The highest BCUT2D eigenvalue weighted by atomic mass is 16.5. The zero-order chi connectivity index (χ0) is 22.7. The van der Waals surface area contributed by atoms with Crippen LogP contribution in [0.5, 0.6) is 11.5 Å². The third-order valence-corrected chi connectivity index (χ3v) is 5.39. The lowest BCUT2D eigenvalue weighted by Gasteiger charge is -2.25. The molecule has 1 aliphatic heterocycles. The number of likely N-dealkylation sites (tertiary alicyclic amines) is 1. The van der Waals surface area contributed by atoms with E-state index in [1.54, 1.807) is 74.1 Å². The molecule has 2 heterocycles. The average Bonchev–Trinajstić information content (AvgIpc) is 3.09. The van der Waals surface area contributed by atoms with Crippen molar-refractivity contribution in [3.05, 3.63) is 95.3 Å². The zero-order valence-electron chi connectivity index (χ0n) is 17.7. The second-order valence-corrected chi connectivity index (χ2v) is 7.29. The van der Waals surface area contributed by atoms with Gasteiger partial charge in [-0.1, -0.05) is 30.3 Å². The molecule has 1 aliphatic rings. The van der Waals surface area contributed by atoms with Gasteiger partial charge >= 0.3 is 0 Å². The minimum absolute atomic E-state index is 0.0253. The molecule has 7 nitrogen and oxygen atoms in total. The maximum Gasteiger partial charge on any atom is 0.295 e. The predicted molar refractivity (Wildman–Crippen MR) is 118 cm³/mol.